The topological polar surface area (TPSA) is 67.0 Å². The van der Waals surface area contributed by atoms with Gasteiger partial charge in [0.1, 0.15) is 5.75 Å². The van der Waals surface area contributed by atoms with Gasteiger partial charge in [-0.3, -0.25) is 0 Å². The highest BCUT2D eigenvalue weighted by Gasteiger charge is 2.42. The Kier molecular flexibility index (Phi) is 6.50. The Morgan fingerprint density at radius 3 is 2.26 bits per heavy atom. The van der Waals surface area contributed by atoms with E-state index >= 15 is 0 Å². The predicted octanol–water partition coefficient (Wildman–Crippen LogP) is 8.19. The first-order valence-corrected chi connectivity index (χ1v) is 14.0. The molecule has 1 atom stereocenters. The Hall–Kier alpha value is -5.31. The van der Waals surface area contributed by atoms with Crippen LogP contribution in [-0.2, 0) is 0 Å². The number of aryl methyl sites for hydroxylation is 3. The summed E-state index contributed by atoms with van der Waals surface area (Å²) in [6.45, 7) is 2.99. The molecule has 0 aliphatic carbocycles. The monoisotopic (exact) mass is 574 g/mol. The van der Waals surface area contributed by atoms with Gasteiger partial charge in [0.2, 0.25) is 0 Å². The number of halogens is 2. The Labute approximate surface area is 247 Å². The number of alkyl halides is 2. The van der Waals surface area contributed by atoms with Crippen LogP contribution in [0.1, 0.15) is 34.0 Å². The van der Waals surface area contributed by atoms with Crippen molar-refractivity contribution < 1.29 is 13.5 Å². The lowest BCUT2D eigenvalue weighted by Gasteiger charge is -2.41. The quantitative estimate of drug-likeness (QED) is 0.230. The molecule has 1 aromatic heterocycles. The molecule has 2 aliphatic rings. The van der Waals surface area contributed by atoms with Gasteiger partial charge in [0.25, 0.3) is 0 Å². The molecule has 43 heavy (non-hydrogen) atoms. The van der Waals surface area contributed by atoms with Gasteiger partial charge in [-0.2, -0.15) is 13.9 Å². The van der Waals surface area contributed by atoms with Gasteiger partial charge in [-0.15, -0.1) is 0 Å². The van der Waals surface area contributed by atoms with Crippen molar-refractivity contribution in [2.24, 2.45) is 9.98 Å². The van der Waals surface area contributed by atoms with Crippen LogP contribution >= 0.6 is 0 Å². The maximum Gasteiger partial charge on any atom is 0.387 e. The molecule has 0 spiro atoms. The van der Waals surface area contributed by atoms with E-state index in [2.05, 4.69) is 5.32 Å². The number of rotatable bonds is 5. The Morgan fingerprint density at radius 2 is 1.49 bits per heavy atom. The number of nitrogens with one attached hydrogen (secondary N) is 1. The highest BCUT2D eigenvalue weighted by molar-refractivity contribution is 6.51. The molecule has 5 aromatic rings. The van der Waals surface area contributed by atoms with E-state index in [9.17, 15) is 8.78 Å². The second-order valence-electron chi connectivity index (χ2n) is 10.6. The fourth-order valence-corrected chi connectivity index (χ4v) is 5.74. The van der Waals surface area contributed by atoms with Crippen molar-refractivity contribution in [1.82, 2.24) is 9.78 Å². The summed E-state index contributed by atoms with van der Waals surface area (Å²) in [6, 6.07) is 30.0. The van der Waals surface area contributed by atoms with Crippen LogP contribution in [0.4, 0.5) is 31.7 Å². The van der Waals surface area contributed by atoms with Crippen LogP contribution in [0.2, 0.25) is 0 Å². The number of anilines is 2. The molecule has 0 fully saturated rings. The molecule has 0 saturated heterocycles. The third-order valence-corrected chi connectivity index (χ3v) is 7.73. The van der Waals surface area contributed by atoms with E-state index in [4.69, 9.17) is 19.8 Å². The fourth-order valence-electron chi connectivity index (χ4n) is 5.74. The standard InChI is InChI=1S/C34H28F2N6O/c1-20-16-18-23(19-17-20)37-31-33-39-32-29(22(3)40-42(32)26-13-7-4-10-21(26)2)30(24-11-5-9-15-28(24)43-34(35)36)41(33)27-14-8-6-12-25(27)38-31/h4-19,30,34H,1-3H3,(H,37,38)/t30-/m0/s1. The SMILES string of the molecule is Cc1ccc(NC2=Nc3ccccc3N3C2=Nc2c(c(C)nn2-c2ccccc2C)[C@@H]3c2ccccc2OC(F)F)cc1. The van der Waals surface area contributed by atoms with Crippen molar-refractivity contribution in [3.8, 4) is 11.4 Å². The minimum absolute atomic E-state index is 0.0887. The van der Waals surface area contributed by atoms with Crippen LogP contribution in [0.15, 0.2) is 107 Å². The fraction of sp³-hybridized carbons (Fsp3) is 0.147. The molecular formula is C34H28F2N6O. The highest BCUT2D eigenvalue weighted by atomic mass is 19.3. The molecule has 0 saturated carbocycles. The molecule has 4 aromatic carbocycles. The van der Waals surface area contributed by atoms with E-state index in [1.54, 1.807) is 12.1 Å². The highest BCUT2D eigenvalue weighted by Crippen LogP contribution is 2.50. The van der Waals surface area contributed by atoms with Crippen LogP contribution in [0.3, 0.4) is 0 Å². The first-order valence-electron chi connectivity index (χ1n) is 14.0. The van der Waals surface area contributed by atoms with Gasteiger partial charge in [-0.05, 0) is 62.7 Å². The summed E-state index contributed by atoms with van der Waals surface area (Å²) in [5.74, 6) is 1.76. The molecule has 0 radical (unpaired) electrons. The van der Waals surface area contributed by atoms with E-state index in [1.807, 2.05) is 115 Å². The average Bonchev–Trinajstić information content (AvgIpc) is 3.33. The van der Waals surface area contributed by atoms with Crippen LogP contribution < -0.4 is 15.0 Å². The number of aromatic nitrogens is 2. The summed E-state index contributed by atoms with van der Waals surface area (Å²) in [4.78, 5) is 12.3. The van der Waals surface area contributed by atoms with Gasteiger partial charge < -0.3 is 15.0 Å². The molecule has 0 unspecified atom stereocenters. The zero-order chi connectivity index (χ0) is 29.7. The van der Waals surface area contributed by atoms with Gasteiger partial charge in [-0.25, -0.2) is 14.7 Å². The number of aliphatic imine (C=N–C) groups is 2. The first-order chi connectivity index (χ1) is 20.9. The number of hydrogen-bond acceptors (Lipinski definition) is 6. The summed E-state index contributed by atoms with van der Waals surface area (Å²) in [7, 11) is 0. The molecular weight excluding hydrogens is 546 g/mol. The van der Waals surface area contributed by atoms with Crippen molar-refractivity contribution >= 4 is 34.6 Å². The van der Waals surface area contributed by atoms with E-state index in [-0.39, 0.29) is 5.75 Å². The normalized spacial score (nSPS) is 15.3. The number of amidine groups is 2. The van der Waals surface area contributed by atoms with Gasteiger partial charge in [0.15, 0.2) is 17.5 Å². The minimum Gasteiger partial charge on any atom is -0.434 e. The van der Waals surface area contributed by atoms with Crippen LogP contribution in [0, 0.1) is 20.8 Å². The summed E-state index contributed by atoms with van der Waals surface area (Å²) < 4.78 is 34.3. The van der Waals surface area contributed by atoms with Crippen molar-refractivity contribution in [1.29, 1.82) is 0 Å². The number of fused-ring (bicyclic) bond motifs is 4. The average molecular weight is 575 g/mol. The predicted molar refractivity (Wildman–Crippen MR) is 166 cm³/mol. The largest absolute Gasteiger partial charge is 0.434 e. The van der Waals surface area contributed by atoms with Crippen molar-refractivity contribution in [2.45, 2.75) is 33.4 Å². The number of nitrogens with zero attached hydrogens (tertiary/aromatic N) is 5. The lowest BCUT2D eigenvalue weighted by Crippen LogP contribution is -2.46. The smallest absolute Gasteiger partial charge is 0.387 e. The molecule has 0 bridgehead atoms. The van der Waals surface area contributed by atoms with Crippen LogP contribution in [-0.4, -0.2) is 28.1 Å². The molecule has 1 N–H and O–H groups in total. The number of benzene rings is 4. The van der Waals surface area contributed by atoms with Crippen LogP contribution in [0.25, 0.3) is 5.69 Å². The maximum atomic E-state index is 13.7. The zero-order valence-electron chi connectivity index (χ0n) is 23.8. The van der Waals surface area contributed by atoms with E-state index in [0.717, 1.165) is 45.1 Å². The van der Waals surface area contributed by atoms with Crippen molar-refractivity contribution in [3.63, 3.8) is 0 Å². The Bertz CT molecular complexity index is 1910. The molecule has 3 heterocycles. The van der Waals surface area contributed by atoms with Crippen LogP contribution in [0.5, 0.6) is 5.75 Å². The van der Waals surface area contributed by atoms with E-state index < -0.39 is 12.7 Å². The second-order valence-corrected chi connectivity index (χ2v) is 10.6. The van der Waals surface area contributed by atoms with E-state index in [0.29, 0.717) is 23.1 Å². The first kappa shape index (κ1) is 26.6. The third kappa shape index (κ3) is 4.63. The van der Waals surface area contributed by atoms with Crippen molar-refractivity contribution in [3.05, 3.63) is 125 Å². The third-order valence-electron chi connectivity index (χ3n) is 7.73. The summed E-state index contributed by atoms with van der Waals surface area (Å²) >= 11 is 0. The van der Waals surface area contributed by atoms with Gasteiger partial charge >= 0.3 is 6.61 Å². The molecule has 9 heteroatoms. The van der Waals surface area contributed by atoms with Crippen molar-refractivity contribution in [2.75, 3.05) is 10.2 Å². The summed E-state index contributed by atoms with van der Waals surface area (Å²) in [5.41, 5.74) is 7.48. The number of ether oxygens (including phenoxy) is 1. The number of hydrogen-bond donors (Lipinski definition) is 1. The van der Waals surface area contributed by atoms with Gasteiger partial charge in [-0.1, -0.05) is 66.2 Å². The molecule has 0 amide bonds. The summed E-state index contributed by atoms with van der Waals surface area (Å²) in [5, 5.41) is 8.43. The minimum atomic E-state index is -2.98. The maximum absolute atomic E-state index is 13.7. The molecule has 7 nitrogen and oxygen atoms in total. The Morgan fingerprint density at radius 1 is 0.791 bits per heavy atom. The Balaban J connectivity index is 1.51. The van der Waals surface area contributed by atoms with Gasteiger partial charge in [0, 0.05) is 16.8 Å². The zero-order valence-corrected chi connectivity index (χ0v) is 23.8. The summed E-state index contributed by atoms with van der Waals surface area (Å²) in [6.07, 6.45) is 0. The lowest BCUT2D eigenvalue weighted by atomic mass is 9.92. The second kappa shape index (κ2) is 10.5. The number of para-hydroxylation sites is 4. The van der Waals surface area contributed by atoms with Gasteiger partial charge in [0.05, 0.1) is 28.8 Å². The van der Waals surface area contributed by atoms with E-state index in [1.165, 1.54) is 0 Å². The molecule has 7 rings (SSSR count). The lowest BCUT2D eigenvalue weighted by molar-refractivity contribution is -0.0505. The molecule has 2 aliphatic heterocycles. The molecule has 214 valence electrons.